The molecule has 0 rings (SSSR count). The molecule has 0 spiro atoms. The van der Waals surface area contributed by atoms with Gasteiger partial charge in [-0.2, -0.15) is 8.42 Å². The fraction of sp³-hybridized carbons (Fsp3) is 0.750. The van der Waals surface area contributed by atoms with Gasteiger partial charge in [0.25, 0.3) is 10.1 Å². The van der Waals surface area contributed by atoms with Gasteiger partial charge < -0.3 is 21.1 Å². The van der Waals surface area contributed by atoms with Gasteiger partial charge in [0.1, 0.15) is 0 Å². The molecule has 21 heavy (non-hydrogen) atoms. The molecule has 132 valence electrons. The predicted molar refractivity (Wildman–Crippen MR) is 84.4 cm³/mol. The molecule has 6 N–H and O–H groups in total. The number of primary amides is 1. The molecule has 0 saturated carbocycles. The first-order valence-electron chi connectivity index (χ1n) is 6.27. The zero-order valence-electron chi connectivity index (χ0n) is 13.3. The van der Waals surface area contributed by atoms with E-state index in [4.69, 9.17) is 19.9 Å². The SMILES string of the molecule is C=CC(N)=O.CCCS(=O)(=O)O.CCO.CCO.CCO. The molecule has 0 aliphatic heterocycles. The second kappa shape index (κ2) is 31.4. The highest BCUT2D eigenvalue weighted by molar-refractivity contribution is 7.85. The predicted octanol–water partition coefficient (Wildman–Crippen LogP) is -0.0623. The summed E-state index contributed by atoms with van der Waals surface area (Å²) in [6, 6.07) is 0. The lowest BCUT2D eigenvalue weighted by Crippen LogP contribution is -2.04. The number of aliphatic hydroxyl groups is 3. The van der Waals surface area contributed by atoms with Crippen molar-refractivity contribution in [1.29, 1.82) is 0 Å². The lowest BCUT2D eigenvalue weighted by molar-refractivity contribution is -0.113. The summed E-state index contributed by atoms with van der Waals surface area (Å²) in [4.78, 5) is 9.47. The highest BCUT2D eigenvalue weighted by Crippen LogP contribution is 1.83. The monoisotopic (exact) mass is 333 g/mol. The minimum atomic E-state index is -3.67. The summed E-state index contributed by atoms with van der Waals surface area (Å²) in [5.41, 5.74) is 4.53. The average Bonchev–Trinajstić information content (AvgIpc) is 2.31. The number of carbonyl (C=O) groups is 1. The van der Waals surface area contributed by atoms with Crippen LogP contribution in [-0.4, -0.2) is 59.8 Å². The molecule has 9 heteroatoms. The van der Waals surface area contributed by atoms with Crippen molar-refractivity contribution in [2.24, 2.45) is 5.73 Å². The maximum Gasteiger partial charge on any atom is 0.264 e. The highest BCUT2D eigenvalue weighted by Gasteiger charge is 1.98. The summed E-state index contributed by atoms with van der Waals surface area (Å²) in [6.07, 6.45) is 1.53. The van der Waals surface area contributed by atoms with Gasteiger partial charge in [-0.1, -0.05) is 13.5 Å². The quantitative estimate of drug-likeness (QED) is 0.357. The maximum absolute atomic E-state index is 9.79. The third-order valence-electron chi connectivity index (χ3n) is 0.663. The van der Waals surface area contributed by atoms with Crippen molar-refractivity contribution in [2.75, 3.05) is 25.6 Å². The zero-order chi connectivity index (χ0) is 18.3. The molecule has 0 aromatic heterocycles. The van der Waals surface area contributed by atoms with E-state index < -0.39 is 16.0 Å². The molecule has 0 bridgehead atoms. The Labute approximate surface area is 128 Å². The van der Waals surface area contributed by atoms with Crippen molar-refractivity contribution in [3.8, 4) is 0 Å². The second-order valence-electron chi connectivity index (χ2n) is 2.84. The molecule has 0 unspecified atom stereocenters. The minimum absolute atomic E-state index is 0.132. The molecule has 0 atom stereocenters. The first-order chi connectivity index (χ1) is 9.57. The number of nitrogens with two attached hydrogens (primary N) is 1. The Hall–Kier alpha value is -1.00. The van der Waals surface area contributed by atoms with Crippen LogP contribution in [0.1, 0.15) is 34.1 Å². The van der Waals surface area contributed by atoms with Crippen LogP contribution < -0.4 is 5.73 Å². The van der Waals surface area contributed by atoms with E-state index in [9.17, 15) is 13.2 Å². The van der Waals surface area contributed by atoms with Gasteiger partial charge in [-0.15, -0.1) is 0 Å². The summed E-state index contributed by atoms with van der Waals surface area (Å²) in [6.45, 7) is 10.6. The van der Waals surface area contributed by atoms with Crippen LogP contribution in [0.15, 0.2) is 12.7 Å². The Balaban J connectivity index is -0.0000000540. The molecule has 0 aliphatic rings. The lowest BCUT2D eigenvalue weighted by Gasteiger charge is -1.85. The van der Waals surface area contributed by atoms with Gasteiger partial charge in [0.2, 0.25) is 5.91 Å². The second-order valence-corrected chi connectivity index (χ2v) is 4.41. The first-order valence-corrected chi connectivity index (χ1v) is 7.88. The standard InChI is InChI=1S/C3H5NO.C3H8O3S.3C2H6O/c1-2-3(4)5;1-2-3-7(4,5)6;3*1-2-3/h2H,1H2,(H2,4,5);2-3H2,1H3,(H,4,5,6);3*3H,2H2,1H3. The largest absolute Gasteiger partial charge is 0.397 e. The van der Waals surface area contributed by atoms with Gasteiger partial charge in [0.05, 0.1) is 5.75 Å². The number of amides is 1. The summed E-state index contributed by atoms with van der Waals surface area (Å²) < 4.78 is 27.6. The van der Waals surface area contributed by atoms with Gasteiger partial charge in [0.15, 0.2) is 0 Å². The smallest absolute Gasteiger partial charge is 0.264 e. The number of aliphatic hydroxyl groups excluding tert-OH is 3. The molecule has 0 aromatic rings. The third-order valence-corrected chi connectivity index (χ3v) is 1.59. The Morgan fingerprint density at radius 1 is 1.05 bits per heavy atom. The van der Waals surface area contributed by atoms with Gasteiger partial charge in [-0.05, 0) is 33.3 Å². The summed E-state index contributed by atoms with van der Waals surface area (Å²) in [7, 11) is -3.67. The van der Waals surface area contributed by atoms with Crippen molar-refractivity contribution in [3.05, 3.63) is 12.7 Å². The van der Waals surface area contributed by atoms with E-state index >= 15 is 0 Å². The molecule has 0 aliphatic carbocycles. The maximum atomic E-state index is 9.79. The van der Waals surface area contributed by atoms with E-state index in [-0.39, 0.29) is 25.6 Å². The molecule has 0 radical (unpaired) electrons. The lowest BCUT2D eigenvalue weighted by atomic mass is 10.6. The molecular formula is C12H31NO7S. The van der Waals surface area contributed by atoms with Gasteiger partial charge in [0, 0.05) is 19.8 Å². The number of hydrogen-bond donors (Lipinski definition) is 5. The van der Waals surface area contributed by atoms with Crippen molar-refractivity contribution < 1.29 is 33.1 Å². The molecule has 8 nitrogen and oxygen atoms in total. The molecule has 1 amide bonds. The molecule has 0 saturated heterocycles. The Morgan fingerprint density at radius 2 is 1.24 bits per heavy atom. The van der Waals surface area contributed by atoms with Crippen molar-refractivity contribution in [2.45, 2.75) is 34.1 Å². The van der Waals surface area contributed by atoms with Crippen LogP contribution >= 0.6 is 0 Å². The van der Waals surface area contributed by atoms with Crippen LogP contribution in [0.3, 0.4) is 0 Å². The van der Waals surface area contributed by atoms with Crippen molar-refractivity contribution >= 4 is 16.0 Å². The Bertz CT molecular complexity index is 275. The average molecular weight is 333 g/mol. The Kier molecular flexibility index (Phi) is 48.0. The number of hydrogen-bond acceptors (Lipinski definition) is 6. The van der Waals surface area contributed by atoms with Gasteiger partial charge in [-0.3, -0.25) is 9.35 Å². The van der Waals surface area contributed by atoms with Crippen LogP contribution in [0.4, 0.5) is 0 Å². The normalized spacial score (nSPS) is 8.00. The first kappa shape index (κ1) is 32.1. The third kappa shape index (κ3) is 220. The van der Waals surface area contributed by atoms with Crippen LogP contribution in [0.5, 0.6) is 0 Å². The van der Waals surface area contributed by atoms with E-state index in [0.29, 0.717) is 6.42 Å². The van der Waals surface area contributed by atoms with E-state index in [2.05, 4.69) is 12.3 Å². The minimum Gasteiger partial charge on any atom is -0.397 e. The van der Waals surface area contributed by atoms with E-state index in [1.54, 1.807) is 27.7 Å². The van der Waals surface area contributed by atoms with Gasteiger partial charge in [-0.25, -0.2) is 0 Å². The molecule has 0 fully saturated rings. The van der Waals surface area contributed by atoms with E-state index in [0.717, 1.165) is 6.08 Å². The summed E-state index contributed by atoms with van der Waals surface area (Å²) >= 11 is 0. The fourth-order valence-corrected chi connectivity index (χ4v) is 0.774. The fourth-order valence-electron chi connectivity index (χ4n) is 0.258. The van der Waals surface area contributed by atoms with Crippen LogP contribution in [0, 0.1) is 0 Å². The van der Waals surface area contributed by atoms with E-state index in [1.165, 1.54) is 0 Å². The zero-order valence-corrected chi connectivity index (χ0v) is 14.1. The van der Waals surface area contributed by atoms with Crippen molar-refractivity contribution in [3.63, 3.8) is 0 Å². The summed E-state index contributed by atoms with van der Waals surface area (Å²) in [5.74, 6) is -0.613. The van der Waals surface area contributed by atoms with Crippen LogP contribution in [0.25, 0.3) is 0 Å². The van der Waals surface area contributed by atoms with Crippen LogP contribution in [-0.2, 0) is 14.9 Å². The highest BCUT2D eigenvalue weighted by atomic mass is 32.2. The Morgan fingerprint density at radius 3 is 1.24 bits per heavy atom. The molecule has 0 heterocycles. The van der Waals surface area contributed by atoms with Crippen LogP contribution in [0.2, 0.25) is 0 Å². The van der Waals surface area contributed by atoms with Gasteiger partial charge >= 0.3 is 0 Å². The topological polar surface area (TPSA) is 158 Å². The number of carbonyl (C=O) groups excluding carboxylic acids is 1. The molecular weight excluding hydrogens is 302 g/mol. The molecule has 0 aromatic carbocycles. The summed E-state index contributed by atoms with van der Waals surface area (Å²) in [5, 5.41) is 22.7. The number of rotatable bonds is 3. The van der Waals surface area contributed by atoms with Crippen molar-refractivity contribution in [1.82, 2.24) is 0 Å². The van der Waals surface area contributed by atoms with E-state index in [1.807, 2.05) is 0 Å².